The summed E-state index contributed by atoms with van der Waals surface area (Å²) in [5.41, 5.74) is 0.438. The highest BCUT2D eigenvalue weighted by molar-refractivity contribution is 6.33. The zero-order chi connectivity index (χ0) is 13.9. The second-order valence-corrected chi connectivity index (χ2v) is 5.77. The van der Waals surface area contributed by atoms with E-state index in [1.807, 2.05) is 0 Å². The van der Waals surface area contributed by atoms with Gasteiger partial charge in [-0.05, 0) is 49.5 Å². The first-order valence-corrected chi connectivity index (χ1v) is 6.82. The van der Waals surface area contributed by atoms with E-state index in [4.69, 9.17) is 11.6 Å². The van der Waals surface area contributed by atoms with E-state index >= 15 is 0 Å². The lowest BCUT2D eigenvalue weighted by Crippen LogP contribution is -2.42. The van der Waals surface area contributed by atoms with Crippen molar-refractivity contribution in [1.82, 2.24) is 10.6 Å². The van der Waals surface area contributed by atoms with Crippen LogP contribution in [0.1, 0.15) is 30.1 Å². The molecule has 104 valence electrons. The Morgan fingerprint density at radius 1 is 1.47 bits per heavy atom. The summed E-state index contributed by atoms with van der Waals surface area (Å²) in [6, 6.07) is 3.81. The van der Waals surface area contributed by atoms with Crippen LogP contribution in [0.25, 0.3) is 0 Å². The maximum Gasteiger partial charge on any atom is 0.252 e. The van der Waals surface area contributed by atoms with E-state index in [1.54, 1.807) is 0 Å². The fourth-order valence-electron chi connectivity index (χ4n) is 2.27. The minimum Gasteiger partial charge on any atom is -0.351 e. The molecule has 0 atom stereocenters. The van der Waals surface area contributed by atoms with Crippen molar-refractivity contribution >= 4 is 17.5 Å². The molecule has 2 N–H and O–H groups in total. The Labute approximate surface area is 117 Å². The molecule has 1 aliphatic heterocycles. The average molecular weight is 285 g/mol. The first kappa shape index (κ1) is 14.3. The average Bonchev–Trinajstić information content (AvgIpc) is 2.37. The summed E-state index contributed by atoms with van der Waals surface area (Å²) in [7, 11) is 0. The molecule has 0 unspecified atom stereocenters. The number of piperidine rings is 1. The molecule has 2 rings (SSSR count). The Bertz CT molecular complexity index is 473. The van der Waals surface area contributed by atoms with Gasteiger partial charge in [0.2, 0.25) is 0 Å². The molecule has 5 heteroatoms. The van der Waals surface area contributed by atoms with Crippen molar-refractivity contribution < 1.29 is 9.18 Å². The Morgan fingerprint density at radius 2 is 2.16 bits per heavy atom. The number of amides is 1. The first-order chi connectivity index (χ1) is 9.00. The molecule has 0 bridgehead atoms. The van der Waals surface area contributed by atoms with Crippen LogP contribution in [0.4, 0.5) is 4.39 Å². The van der Waals surface area contributed by atoms with Crippen molar-refractivity contribution in [2.45, 2.75) is 19.8 Å². The lowest BCUT2D eigenvalue weighted by atomic mass is 9.81. The molecule has 1 aliphatic rings. The standard InChI is InChI=1S/C14H18ClFN2O/c1-14(4-6-17-7-5-14)9-18-13(19)11-3-2-10(16)8-12(11)15/h2-3,8,17H,4-7,9H2,1H3,(H,18,19). The predicted molar refractivity (Wildman–Crippen MR) is 74.0 cm³/mol. The van der Waals surface area contributed by atoms with Gasteiger partial charge in [-0.2, -0.15) is 0 Å². The highest BCUT2D eigenvalue weighted by atomic mass is 35.5. The molecule has 19 heavy (non-hydrogen) atoms. The van der Waals surface area contributed by atoms with E-state index in [9.17, 15) is 9.18 Å². The van der Waals surface area contributed by atoms with E-state index in [0.717, 1.165) is 32.0 Å². The van der Waals surface area contributed by atoms with Crippen LogP contribution < -0.4 is 10.6 Å². The number of hydrogen-bond donors (Lipinski definition) is 2. The topological polar surface area (TPSA) is 41.1 Å². The molecular weight excluding hydrogens is 267 g/mol. The summed E-state index contributed by atoms with van der Waals surface area (Å²) in [6.07, 6.45) is 2.06. The van der Waals surface area contributed by atoms with Crippen LogP contribution in [0.3, 0.4) is 0 Å². The van der Waals surface area contributed by atoms with Crippen LogP contribution >= 0.6 is 11.6 Å². The predicted octanol–water partition coefficient (Wildman–Crippen LogP) is 2.60. The zero-order valence-electron chi connectivity index (χ0n) is 10.9. The van der Waals surface area contributed by atoms with Gasteiger partial charge in [0, 0.05) is 6.54 Å². The lowest BCUT2D eigenvalue weighted by Gasteiger charge is -2.34. The van der Waals surface area contributed by atoms with Crippen molar-refractivity contribution in [2.24, 2.45) is 5.41 Å². The smallest absolute Gasteiger partial charge is 0.252 e. The van der Waals surface area contributed by atoms with Gasteiger partial charge in [-0.15, -0.1) is 0 Å². The minimum absolute atomic E-state index is 0.118. The molecule has 1 saturated heterocycles. The molecule has 0 saturated carbocycles. The summed E-state index contributed by atoms with van der Waals surface area (Å²) < 4.78 is 12.9. The molecule has 1 heterocycles. The largest absolute Gasteiger partial charge is 0.351 e. The first-order valence-electron chi connectivity index (χ1n) is 6.44. The van der Waals surface area contributed by atoms with Gasteiger partial charge in [0.25, 0.3) is 5.91 Å². The summed E-state index contributed by atoms with van der Waals surface area (Å²) in [4.78, 5) is 12.0. The third-order valence-corrected chi connectivity index (χ3v) is 3.97. The van der Waals surface area contributed by atoms with Crippen molar-refractivity contribution in [2.75, 3.05) is 19.6 Å². The molecule has 0 aliphatic carbocycles. The zero-order valence-corrected chi connectivity index (χ0v) is 11.7. The Kier molecular flexibility index (Phi) is 4.42. The summed E-state index contributed by atoms with van der Waals surface area (Å²) in [6.45, 7) is 4.73. The molecular formula is C14H18ClFN2O. The maximum absolute atomic E-state index is 12.9. The van der Waals surface area contributed by atoms with Gasteiger partial charge in [-0.25, -0.2) is 4.39 Å². The molecule has 1 amide bonds. The van der Waals surface area contributed by atoms with Gasteiger partial charge in [0.1, 0.15) is 5.82 Å². The SMILES string of the molecule is CC1(CNC(=O)c2ccc(F)cc2Cl)CCNCC1. The number of nitrogens with one attached hydrogen (secondary N) is 2. The molecule has 0 spiro atoms. The summed E-state index contributed by atoms with van der Waals surface area (Å²) in [5.74, 6) is -0.684. The highest BCUT2D eigenvalue weighted by Gasteiger charge is 2.27. The molecule has 1 fully saturated rings. The van der Waals surface area contributed by atoms with E-state index in [-0.39, 0.29) is 16.3 Å². The maximum atomic E-state index is 12.9. The van der Waals surface area contributed by atoms with Crippen LogP contribution in [0.15, 0.2) is 18.2 Å². The van der Waals surface area contributed by atoms with Crippen LogP contribution in [-0.2, 0) is 0 Å². The number of hydrogen-bond acceptors (Lipinski definition) is 2. The van der Waals surface area contributed by atoms with Crippen LogP contribution in [0, 0.1) is 11.2 Å². The number of rotatable bonds is 3. The highest BCUT2D eigenvalue weighted by Crippen LogP contribution is 2.27. The second kappa shape index (κ2) is 5.88. The van der Waals surface area contributed by atoms with E-state index in [2.05, 4.69) is 17.6 Å². The third kappa shape index (κ3) is 3.67. The van der Waals surface area contributed by atoms with E-state index < -0.39 is 5.82 Å². The summed E-state index contributed by atoms with van der Waals surface area (Å²) >= 11 is 5.87. The van der Waals surface area contributed by atoms with E-state index in [0.29, 0.717) is 12.1 Å². The third-order valence-electron chi connectivity index (χ3n) is 3.66. The number of carbonyl (C=O) groups excluding carboxylic acids is 1. The number of halogens is 2. The van der Waals surface area contributed by atoms with Crippen LogP contribution in [0.2, 0.25) is 5.02 Å². The fraction of sp³-hybridized carbons (Fsp3) is 0.500. The minimum atomic E-state index is -0.438. The molecule has 0 aromatic heterocycles. The van der Waals surface area contributed by atoms with Gasteiger partial charge in [0.05, 0.1) is 10.6 Å². The molecule has 1 aromatic carbocycles. The van der Waals surface area contributed by atoms with Crippen molar-refractivity contribution in [3.05, 3.63) is 34.6 Å². The molecule has 1 aromatic rings. The van der Waals surface area contributed by atoms with Crippen molar-refractivity contribution in [3.63, 3.8) is 0 Å². The number of benzene rings is 1. The van der Waals surface area contributed by atoms with Gasteiger partial charge >= 0.3 is 0 Å². The van der Waals surface area contributed by atoms with Crippen molar-refractivity contribution in [3.8, 4) is 0 Å². The Morgan fingerprint density at radius 3 is 2.79 bits per heavy atom. The fourth-order valence-corrected chi connectivity index (χ4v) is 2.52. The monoisotopic (exact) mass is 284 g/mol. The molecule has 0 radical (unpaired) electrons. The van der Waals surface area contributed by atoms with Crippen LogP contribution in [0.5, 0.6) is 0 Å². The van der Waals surface area contributed by atoms with Gasteiger partial charge < -0.3 is 10.6 Å². The van der Waals surface area contributed by atoms with E-state index in [1.165, 1.54) is 12.1 Å². The Hall–Kier alpha value is -1.13. The van der Waals surface area contributed by atoms with Gasteiger partial charge in [0.15, 0.2) is 0 Å². The van der Waals surface area contributed by atoms with Crippen LogP contribution in [-0.4, -0.2) is 25.5 Å². The number of carbonyl (C=O) groups is 1. The van der Waals surface area contributed by atoms with Crippen molar-refractivity contribution in [1.29, 1.82) is 0 Å². The normalized spacial score (nSPS) is 18.1. The summed E-state index contributed by atoms with van der Waals surface area (Å²) in [5, 5.41) is 6.34. The molecule has 3 nitrogen and oxygen atoms in total. The quantitative estimate of drug-likeness (QED) is 0.896. The second-order valence-electron chi connectivity index (χ2n) is 5.37. The Balaban J connectivity index is 1.97. The van der Waals surface area contributed by atoms with Gasteiger partial charge in [-0.3, -0.25) is 4.79 Å². The van der Waals surface area contributed by atoms with Gasteiger partial charge in [-0.1, -0.05) is 18.5 Å². The lowest BCUT2D eigenvalue weighted by molar-refractivity contribution is 0.0922.